The lowest BCUT2D eigenvalue weighted by atomic mass is 10.2. The first-order valence-electron chi connectivity index (χ1n) is 6.60. The molecule has 2 aromatic rings. The molecule has 0 atom stereocenters. The average molecular weight is 307 g/mol. The van der Waals surface area contributed by atoms with E-state index in [2.05, 4.69) is 10.6 Å². The number of nitrogen functional groups attached to an aromatic ring is 1. The summed E-state index contributed by atoms with van der Waals surface area (Å²) in [4.78, 5) is 23.8. The minimum Gasteiger partial charge on any atom is -0.397 e. The van der Waals surface area contributed by atoms with Crippen molar-refractivity contribution in [2.75, 3.05) is 12.3 Å². The molecule has 1 fully saturated rings. The lowest BCUT2D eigenvalue weighted by molar-refractivity contribution is -0.120. The highest BCUT2D eigenvalue weighted by molar-refractivity contribution is 7.21. The maximum absolute atomic E-state index is 13.7. The van der Waals surface area contributed by atoms with Crippen LogP contribution in [-0.2, 0) is 4.79 Å². The lowest BCUT2D eigenvalue weighted by Crippen LogP contribution is -2.37. The quantitative estimate of drug-likeness (QED) is 0.802. The molecule has 0 unspecified atom stereocenters. The molecule has 0 saturated heterocycles. The molecular formula is C14H14FN3O2S. The number of nitrogens with one attached hydrogen (secondary N) is 2. The Bertz CT molecular complexity index is 724. The van der Waals surface area contributed by atoms with Crippen LogP contribution < -0.4 is 16.4 Å². The molecule has 1 aromatic heterocycles. The summed E-state index contributed by atoms with van der Waals surface area (Å²) in [5, 5.41) is 5.54. The molecule has 0 radical (unpaired) electrons. The van der Waals surface area contributed by atoms with Gasteiger partial charge in [-0.1, -0.05) is 6.07 Å². The average Bonchev–Trinajstić information content (AvgIpc) is 3.19. The molecule has 7 heteroatoms. The number of hydrogen-bond acceptors (Lipinski definition) is 4. The predicted molar refractivity (Wildman–Crippen MR) is 79.7 cm³/mol. The van der Waals surface area contributed by atoms with E-state index in [1.54, 1.807) is 12.1 Å². The second kappa shape index (κ2) is 5.33. The molecule has 1 aliphatic carbocycles. The number of halogens is 1. The molecule has 4 N–H and O–H groups in total. The van der Waals surface area contributed by atoms with Crippen molar-refractivity contribution >= 4 is 38.9 Å². The summed E-state index contributed by atoms with van der Waals surface area (Å²) in [6, 6.07) is 4.82. The number of anilines is 1. The summed E-state index contributed by atoms with van der Waals surface area (Å²) in [5.41, 5.74) is 5.97. The fraction of sp³-hybridized carbons (Fsp3) is 0.286. The van der Waals surface area contributed by atoms with Crippen molar-refractivity contribution in [3.8, 4) is 0 Å². The molecule has 1 aliphatic rings. The zero-order valence-electron chi connectivity index (χ0n) is 11.1. The summed E-state index contributed by atoms with van der Waals surface area (Å²) in [6.07, 6.45) is 1.98. The van der Waals surface area contributed by atoms with Crippen molar-refractivity contribution in [2.24, 2.45) is 0 Å². The first kappa shape index (κ1) is 13.8. The smallest absolute Gasteiger partial charge is 0.263 e. The minimum atomic E-state index is -0.459. The summed E-state index contributed by atoms with van der Waals surface area (Å²) < 4.78 is 14.3. The van der Waals surface area contributed by atoms with Crippen LogP contribution in [0.5, 0.6) is 0 Å². The van der Waals surface area contributed by atoms with Gasteiger partial charge in [0.15, 0.2) is 0 Å². The second-order valence-corrected chi connectivity index (χ2v) is 6.03. The first-order valence-corrected chi connectivity index (χ1v) is 7.42. The van der Waals surface area contributed by atoms with Gasteiger partial charge in [-0.15, -0.1) is 11.3 Å². The van der Waals surface area contributed by atoms with Crippen LogP contribution in [0.15, 0.2) is 18.2 Å². The SMILES string of the molecule is Nc1c(C(=O)NCC(=O)NC2CC2)sc2cccc(F)c12. The third-order valence-corrected chi connectivity index (χ3v) is 4.43. The van der Waals surface area contributed by atoms with E-state index >= 15 is 0 Å². The maximum Gasteiger partial charge on any atom is 0.263 e. The van der Waals surface area contributed by atoms with Gasteiger partial charge < -0.3 is 16.4 Å². The third kappa shape index (κ3) is 2.82. The highest BCUT2D eigenvalue weighted by Gasteiger charge is 2.24. The number of benzene rings is 1. The van der Waals surface area contributed by atoms with E-state index in [0.29, 0.717) is 4.70 Å². The van der Waals surface area contributed by atoms with Gasteiger partial charge in [-0.05, 0) is 25.0 Å². The van der Waals surface area contributed by atoms with Crippen LogP contribution in [0.2, 0.25) is 0 Å². The van der Waals surface area contributed by atoms with Crippen molar-refractivity contribution in [1.82, 2.24) is 10.6 Å². The zero-order chi connectivity index (χ0) is 15.0. The van der Waals surface area contributed by atoms with E-state index < -0.39 is 11.7 Å². The van der Waals surface area contributed by atoms with Crippen molar-refractivity contribution in [3.63, 3.8) is 0 Å². The van der Waals surface area contributed by atoms with E-state index in [9.17, 15) is 14.0 Å². The number of rotatable bonds is 4. The van der Waals surface area contributed by atoms with Crippen LogP contribution in [0.4, 0.5) is 10.1 Å². The fourth-order valence-corrected chi connectivity index (χ4v) is 3.10. The number of hydrogen-bond donors (Lipinski definition) is 3. The molecule has 3 rings (SSSR count). The van der Waals surface area contributed by atoms with Crippen LogP contribution in [0.1, 0.15) is 22.5 Å². The van der Waals surface area contributed by atoms with E-state index in [1.807, 2.05) is 0 Å². The van der Waals surface area contributed by atoms with E-state index in [4.69, 9.17) is 5.73 Å². The summed E-state index contributed by atoms with van der Waals surface area (Å²) in [6.45, 7) is -0.106. The van der Waals surface area contributed by atoms with Gasteiger partial charge in [0.1, 0.15) is 10.7 Å². The monoisotopic (exact) mass is 307 g/mol. The summed E-state index contributed by atoms with van der Waals surface area (Å²) >= 11 is 1.12. The number of carbonyl (C=O) groups is 2. The molecule has 1 aromatic carbocycles. The Morgan fingerprint density at radius 1 is 1.38 bits per heavy atom. The Labute approximate surface area is 124 Å². The summed E-state index contributed by atoms with van der Waals surface area (Å²) in [7, 11) is 0. The molecular weight excluding hydrogens is 293 g/mol. The van der Waals surface area contributed by atoms with Crippen molar-refractivity contribution in [3.05, 3.63) is 28.9 Å². The van der Waals surface area contributed by atoms with E-state index in [1.165, 1.54) is 6.07 Å². The molecule has 21 heavy (non-hydrogen) atoms. The number of carbonyl (C=O) groups excluding carboxylic acids is 2. The first-order chi connectivity index (χ1) is 10.1. The third-order valence-electron chi connectivity index (χ3n) is 3.26. The van der Waals surface area contributed by atoms with Crippen LogP contribution >= 0.6 is 11.3 Å². The van der Waals surface area contributed by atoms with Gasteiger partial charge in [-0.3, -0.25) is 9.59 Å². The summed E-state index contributed by atoms with van der Waals surface area (Å²) in [5.74, 6) is -1.14. The van der Waals surface area contributed by atoms with Crippen molar-refractivity contribution < 1.29 is 14.0 Å². The van der Waals surface area contributed by atoms with Crippen LogP contribution in [0.25, 0.3) is 10.1 Å². The molecule has 0 aliphatic heterocycles. The molecule has 110 valence electrons. The topological polar surface area (TPSA) is 84.2 Å². The Morgan fingerprint density at radius 3 is 2.81 bits per heavy atom. The fourth-order valence-electron chi connectivity index (χ4n) is 2.05. The van der Waals surface area contributed by atoms with Crippen LogP contribution in [0.3, 0.4) is 0 Å². The van der Waals surface area contributed by atoms with Crippen molar-refractivity contribution in [1.29, 1.82) is 0 Å². The molecule has 5 nitrogen and oxygen atoms in total. The van der Waals surface area contributed by atoms with Gasteiger partial charge in [-0.2, -0.15) is 0 Å². The molecule has 0 spiro atoms. The van der Waals surface area contributed by atoms with E-state index in [0.717, 1.165) is 24.2 Å². The lowest BCUT2D eigenvalue weighted by Gasteiger charge is -2.05. The maximum atomic E-state index is 13.7. The number of thiophene rings is 1. The van der Waals surface area contributed by atoms with E-state index in [-0.39, 0.29) is 34.4 Å². The van der Waals surface area contributed by atoms with Gasteiger partial charge in [0.05, 0.1) is 17.6 Å². The normalized spacial score (nSPS) is 14.1. The van der Waals surface area contributed by atoms with Gasteiger partial charge in [0, 0.05) is 10.7 Å². The molecule has 2 amide bonds. The van der Waals surface area contributed by atoms with Gasteiger partial charge >= 0.3 is 0 Å². The second-order valence-electron chi connectivity index (χ2n) is 4.98. The van der Waals surface area contributed by atoms with Crippen LogP contribution in [0, 0.1) is 5.82 Å². The van der Waals surface area contributed by atoms with Crippen molar-refractivity contribution in [2.45, 2.75) is 18.9 Å². The van der Waals surface area contributed by atoms with Crippen LogP contribution in [-0.4, -0.2) is 24.4 Å². The minimum absolute atomic E-state index is 0.106. The Morgan fingerprint density at radius 2 is 2.14 bits per heavy atom. The molecule has 0 bridgehead atoms. The largest absolute Gasteiger partial charge is 0.397 e. The van der Waals surface area contributed by atoms with Gasteiger partial charge in [-0.25, -0.2) is 4.39 Å². The van der Waals surface area contributed by atoms with Gasteiger partial charge in [0.2, 0.25) is 5.91 Å². The number of nitrogens with two attached hydrogens (primary N) is 1. The zero-order valence-corrected chi connectivity index (χ0v) is 11.9. The Kier molecular flexibility index (Phi) is 3.50. The predicted octanol–water partition coefficient (Wildman–Crippen LogP) is 1.63. The molecule has 1 heterocycles. The van der Waals surface area contributed by atoms with Gasteiger partial charge in [0.25, 0.3) is 5.91 Å². The number of amides is 2. The molecule has 1 saturated carbocycles. The standard InChI is InChI=1S/C14H14FN3O2S/c15-8-2-1-3-9-11(8)12(16)13(21-9)14(20)17-6-10(19)18-7-4-5-7/h1-3,7H,4-6,16H2,(H,17,20)(H,18,19). The Hall–Kier alpha value is -2.15. The highest BCUT2D eigenvalue weighted by Crippen LogP contribution is 2.35. The number of fused-ring (bicyclic) bond motifs is 1. The Balaban J connectivity index is 1.73. The highest BCUT2D eigenvalue weighted by atomic mass is 32.1.